The maximum atomic E-state index is 14.6. The first-order valence-electron chi connectivity index (χ1n) is 8.63. The van der Waals surface area contributed by atoms with Gasteiger partial charge in [-0.25, -0.2) is 22.0 Å². The second kappa shape index (κ2) is 6.30. The zero-order valence-corrected chi connectivity index (χ0v) is 15.6. The number of anilines is 2. The van der Waals surface area contributed by atoms with E-state index < -0.39 is 33.7 Å². The van der Waals surface area contributed by atoms with E-state index in [0.29, 0.717) is 26.3 Å². The van der Waals surface area contributed by atoms with E-state index >= 15 is 0 Å². The van der Waals surface area contributed by atoms with Crippen molar-refractivity contribution in [2.24, 2.45) is 5.41 Å². The molecule has 1 atom stereocenters. The summed E-state index contributed by atoms with van der Waals surface area (Å²) < 4.78 is 61.9. The normalized spacial score (nSPS) is 24.0. The molecule has 1 aromatic rings. The average Bonchev–Trinajstić information content (AvgIpc) is 2.85. The Morgan fingerprint density at radius 2 is 1.85 bits per heavy atom. The number of cyclic esters (lactones) is 1. The predicted molar refractivity (Wildman–Crippen MR) is 93.8 cm³/mol. The summed E-state index contributed by atoms with van der Waals surface area (Å²) in [5.41, 5.74) is -0.0244. The molecule has 3 saturated heterocycles. The summed E-state index contributed by atoms with van der Waals surface area (Å²) in [4.78, 5) is 14.8. The van der Waals surface area contributed by atoms with Gasteiger partial charge in [-0.3, -0.25) is 4.90 Å². The Kier molecular flexibility index (Phi) is 4.30. The van der Waals surface area contributed by atoms with Crippen molar-refractivity contribution in [3.05, 3.63) is 23.8 Å². The number of amides is 1. The molecule has 1 amide bonds. The molecule has 0 N–H and O–H groups in total. The number of carbonyl (C=O) groups is 1. The number of hydrogen-bond acceptors (Lipinski definition) is 6. The van der Waals surface area contributed by atoms with E-state index in [9.17, 15) is 22.0 Å². The molecule has 3 aliphatic rings. The number of benzene rings is 1. The lowest BCUT2D eigenvalue weighted by molar-refractivity contribution is -0.127. The second-order valence-corrected chi connectivity index (χ2v) is 9.90. The minimum Gasteiger partial charge on any atom is -0.444 e. The van der Waals surface area contributed by atoms with E-state index in [-0.39, 0.29) is 35.5 Å². The first-order chi connectivity index (χ1) is 12.7. The van der Waals surface area contributed by atoms with Gasteiger partial charge >= 0.3 is 6.09 Å². The molecule has 0 aromatic heterocycles. The van der Waals surface area contributed by atoms with Crippen molar-refractivity contribution in [1.29, 1.82) is 0 Å². The highest BCUT2D eigenvalue weighted by Crippen LogP contribution is 2.42. The predicted octanol–water partition coefficient (Wildman–Crippen LogP) is 1.56. The SMILES string of the molecule is CS(=O)(=O)CC[C@H]1CN(c2cc(F)c(N3CC4(COC4)C3)c(F)c2)C(=O)O1. The number of halogens is 2. The fourth-order valence-electron chi connectivity index (χ4n) is 3.73. The quantitative estimate of drug-likeness (QED) is 0.744. The highest BCUT2D eigenvalue weighted by atomic mass is 32.2. The van der Waals surface area contributed by atoms with E-state index in [1.54, 1.807) is 4.90 Å². The minimum atomic E-state index is -3.19. The molecule has 7 nitrogen and oxygen atoms in total. The van der Waals surface area contributed by atoms with Crippen molar-refractivity contribution in [3.63, 3.8) is 0 Å². The Morgan fingerprint density at radius 1 is 1.22 bits per heavy atom. The molecular formula is C17H20F2N2O5S. The van der Waals surface area contributed by atoms with Gasteiger partial charge in [-0.2, -0.15) is 0 Å². The highest BCUT2D eigenvalue weighted by molar-refractivity contribution is 7.90. The van der Waals surface area contributed by atoms with Gasteiger partial charge in [-0.1, -0.05) is 0 Å². The molecular weight excluding hydrogens is 382 g/mol. The topological polar surface area (TPSA) is 76.2 Å². The van der Waals surface area contributed by atoms with E-state index in [0.717, 1.165) is 23.3 Å². The highest BCUT2D eigenvalue weighted by Gasteiger charge is 2.50. The summed E-state index contributed by atoms with van der Waals surface area (Å²) in [6.07, 6.45) is -0.135. The number of nitrogens with zero attached hydrogens (tertiary/aromatic N) is 2. The van der Waals surface area contributed by atoms with Crippen molar-refractivity contribution < 1.29 is 31.5 Å². The molecule has 0 unspecified atom stereocenters. The molecule has 3 fully saturated rings. The van der Waals surface area contributed by atoms with Crippen LogP contribution in [0, 0.1) is 17.0 Å². The molecule has 148 valence electrons. The fraction of sp³-hybridized carbons (Fsp3) is 0.588. The van der Waals surface area contributed by atoms with Crippen LogP contribution < -0.4 is 9.80 Å². The first kappa shape index (κ1) is 18.4. The van der Waals surface area contributed by atoms with Gasteiger partial charge in [0.05, 0.1) is 36.6 Å². The van der Waals surface area contributed by atoms with Gasteiger partial charge in [0.25, 0.3) is 0 Å². The first-order valence-corrected chi connectivity index (χ1v) is 10.7. The van der Waals surface area contributed by atoms with Gasteiger partial charge in [0, 0.05) is 37.9 Å². The molecule has 0 saturated carbocycles. The number of ether oxygens (including phenoxy) is 2. The lowest BCUT2D eigenvalue weighted by Crippen LogP contribution is -2.66. The Labute approximate surface area is 155 Å². The van der Waals surface area contributed by atoms with Gasteiger partial charge < -0.3 is 14.4 Å². The Hall–Kier alpha value is -1.94. The van der Waals surface area contributed by atoms with Crippen molar-refractivity contribution in [3.8, 4) is 0 Å². The zero-order chi connectivity index (χ0) is 19.4. The number of hydrogen-bond donors (Lipinski definition) is 0. The van der Waals surface area contributed by atoms with E-state index in [4.69, 9.17) is 9.47 Å². The Balaban J connectivity index is 1.47. The van der Waals surface area contributed by atoms with Crippen LogP contribution in [-0.4, -0.2) is 65.5 Å². The fourth-order valence-corrected chi connectivity index (χ4v) is 4.42. The van der Waals surface area contributed by atoms with Crippen molar-refractivity contribution >= 4 is 27.3 Å². The lowest BCUT2D eigenvalue weighted by atomic mass is 9.77. The lowest BCUT2D eigenvalue weighted by Gasteiger charge is -2.56. The molecule has 0 radical (unpaired) electrons. The van der Waals surface area contributed by atoms with Gasteiger partial charge in [0.2, 0.25) is 0 Å². The van der Waals surface area contributed by atoms with Gasteiger partial charge in [0.15, 0.2) is 11.6 Å². The molecule has 3 aliphatic heterocycles. The summed E-state index contributed by atoms with van der Waals surface area (Å²) in [7, 11) is -3.19. The molecule has 1 aromatic carbocycles. The van der Waals surface area contributed by atoms with Crippen LogP contribution in [0.2, 0.25) is 0 Å². The summed E-state index contributed by atoms with van der Waals surface area (Å²) in [6, 6.07) is 2.22. The van der Waals surface area contributed by atoms with Crippen molar-refractivity contribution in [2.75, 3.05) is 54.7 Å². The molecule has 1 spiro atoms. The summed E-state index contributed by atoms with van der Waals surface area (Å²) in [6.45, 7) is 2.36. The number of sulfone groups is 1. The largest absolute Gasteiger partial charge is 0.444 e. The van der Waals surface area contributed by atoms with Crippen LogP contribution >= 0.6 is 0 Å². The summed E-state index contributed by atoms with van der Waals surface area (Å²) >= 11 is 0. The maximum absolute atomic E-state index is 14.6. The molecule has 10 heteroatoms. The molecule has 4 rings (SSSR count). The van der Waals surface area contributed by atoms with Crippen LogP contribution in [0.3, 0.4) is 0 Å². The van der Waals surface area contributed by atoms with Crippen molar-refractivity contribution in [1.82, 2.24) is 0 Å². The van der Waals surface area contributed by atoms with E-state index in [1.807, 2.05) is 0 Å². The smallest absolute Gasteiger partial charge is 0.414 e. The molecule has 3 heterocycles. The summed E-state index contributed by atoms with van der Waals surface area (Å²) in [5.74, 6) is -1.61. The van der Waals surface area contributed by atoms with Crippen LogP contribution in [0.5, 0.6) is 0 Å². The van der Waals surface area contributed by atoms with Crippen LogP contribution in [0.4, 0.5) is 25.0 Å². The van der Waals surface area contributed by atoms with Crippen LogP contribution in [0.25, 0.3) is 0 Å². The van der Waals surface area contributed by atoms with Gasteiger partial charge in [0.1, 0.15) is 21.6 Å². The molecule has 0 aliphatic carbocycles. The number of rotatable bonds is 5. The third-order valence-corrected chi connectivity index (χ3v) is 6.16. The average molecular weight is 402 g/mol. The van der Waals surface area contributed by atoms with Crippen LogP contribution in [0.15, 0.2) is 12.1 Å². The third-order valence-electron chi connectivity index (χ3n) is 5.18. The standard InChI is InChI=1S/C17H20F2N2O5S/c1-27(23,24)3-2-12-6-21(16(22)26-12)11-4-13(18)15(14(19)5-11)20-7-17(8-20)9-25-10-17/h4-5,12H,2-3,6-10H2,1H3/t12-/m0/s1. The molecule has 27 heavy (non-hydrogen) atoms. The summed E-state index contributed by atoms with van der Waals surface area (Å²) in [5, 5.41) is 0. The Morgan fingerprint density at radius 3 is 2.37 bits per heavy atom. The van der Waals surface area contributed by atoms with Gasteiger partial charge in [-0.15, -0.1) is 0 Å². The van der Waals surface area contributed by atoms with Crippen LogP contribution in [-0.2, 0) is 19.3 Å². The second-order valence-electron chi connectivity index (χ2n) is 7.64. The number of carbonyl (C=O) groups excluding carboxylic acids is 1. The van der Waals surface area contributed by atoms with Gasteiger partial charge in [-0.05, 0) is 0 Å². The van der Waals surface area contributed by atoms with Crippen LogP contribution in [0.1, 0.15) is 6.42 Å². The molecule has 0 bridgehead atoms. The van der Waals surface area contributed by atoms with Crippen molar-refractivity contribution in [2.45, 2.75) is 12.5 Å². The monoisotopic (exact) mass is 402 g/mol. The Bertz CT molecular complexity index is 856. The maximum Gasteiger partial charge on any atom is 0.414 e. The minimum absolute atomic E-state index is 0.0170. The zero-order valence-electron chi connectivity index (χ0n) is 14.8. The van der Waals surface area contributed by atoms with E-state index in [1.165, 1.54) is 0 Å². The van der Waals surface area contributed by atoms with E-state index in [2.05, 4.69) is 0 Å². The third kappa shape index (κ3) is 3.47.